The van der Waals surface area contributed by atoms with Crippen molar-refractivity contribution in [3.63, 3.8) is 0 Å². The average Bonchev–Trinajstić information content (AvgIpc) is 3.12. The van der Waals surface area contributed by atoms with Crippen molar-refractivity contribution in [1.82, 2.24) is 24.8 Å². The van der Waals surface area contributed by atoms with Crippen molar-refractivity contribution >= 4 is 11.5 Å². The van der Waals surface area contributed by atoms with Crippen LogP contribution in [0.1, 0.15) is 24.4 Å². The van der Waals surface area contributed by atoms with E-state index in [-0.39, 0.29) is 17.4 Å². The number of halogens is 3. The first kappa shape index (κ1) is 18.0. The van der Waals surface area contributed by atoms with E-state index in [0.29, 0.717) is 37.5 Å². The summed E-state index contributed by atoms with van der Waals surface area (Å²) in [5, 5.41) is 19.7. The Morgan fingerprint density at radius 2 is 1.93 bits per heavy atom. The molecule has 0 atom stereocenters. The molecule has 0 unspecified atom stereocenters. The molecule has 0 aromatic carbocycles. The van der Waals surface area contributed by atoms with Gasteiger partial charge in [0.2, 0.25) is 0 Å². The van der Waals surface area contributed by atoms with E-state index in [1.165, 1.54) is 12.3 Å². The maximum absolute atomic E-state index is 13.0. The number of piperidine rings is 1. The minimum absolute atomic E-state index is 0.0419. The van der Waals surface area contributed by atoms with E-state index in [4.69, 9.17) is 10.00 Å². The van der Waals surface area contributed by atoms with Crippen molar-refractivity contribution in [2.75, 3.05) is 18.0 Å². The van der Waals surface area contributed by atoms with Gasteiger partial charge in [0, 0.05) is 38.2 Å². The molecule has 3 aromatic heterocycles. The van der Waals surface area contributed by atoms with Crippen LogP contribution < -0.4 is 9.64 Å². The summed E-state index contributed by atoms with van der Waals surface area (Å²) < 4.78 is 45.7. The molecule has 1 saturated heterocycles. The van der Waals surface area contributed by atoms with Gasteiger partial charge in [-0.3, -0.25) is 0 Å². The van der Waals surface area contributed by atoms with Gasteiger partial charge in [0.25, 0.3) is 5.82 Å². The van der Waals surface area contributed by atoms with Gasteiger partial charge in [0.05, 0.1) is 0 Å². The van der Waals surface area contributed by atoms with Crippen molar-refractivity contribution in [2.24, 2.45) is 0 Å². The van der Waals surface area contributed by atoms with Gasteiger partial charge in [-0.05, 0) is 18.2 Å². The highest BCUT2D eigenvalue weighted by Crippen LogP contribution is 2.28. The van der Waals surface area contributed by atoms with Crippen LogP contribution in [0, 0.1) is 11.3 Å². The quantitative estimate of drug-likeness (QED) is 0.679. The molecule has 0 bridgehead atoms. The summed E-state index contributed by atoms with van der Waals surface area (Å²) in [6.45, 7) is 1.14. The number of alkyl halides is 3. The first-order valence-electron chi connectivity index (χ1n) is 8.51. The Balaban J connectivity index is 1.45. The molecule has 11 heteroatoms. The Kier molecular flexibility index (Phi) is 4.46. The Morgan fingerprint density at radius 3 is 2.64 bits per heavy atom. The molecule has 0 amide bonds. The fourth-order valence-corrected chi connectivity index (χ4v) is 3.07. The summed E-state index contributed by atoms with van der Waals surface area (Å²) in [6.07, 6.45) is -1.84. The Bertz CT molecular complexity index is 1040. The standard InChI is InChI=1S/C17H14F3N7O/c18-17(19,20)16-24-23-14-1-2-15(25-27(14)16)26-7-4-12(5-8-26)28-13-3-6-22-11(9-13)10-21/h1-3,6,9,12H,4-5,7-8H2. The fourth-order valence-electron chi connectivity index (χ4n) is 3.07. The number of anilines is 1. The van der Waals surface area contributed by atoms with E-state index in [1.54, 1.807) is 18.2 Å². The third kappa shape index (κ3) is 3.53. The minimum Gasteiger partial charge on any atom is -0.490 e. The number of aromatic nitrogens is 5. The second-order valence-electron chi connectivity index (χ2n) is 6.28. The number of rotatable bonds is 3. The number of ether oxygens (including phenoxy) is 1. The highest BCUT2D eigenvalue weighted by molar-refractivity contribution is 5.46. The van der Waals surface area contributed by atoms with Crippen LogP contribution in [0.15, 0.2) is 30.5 Å². The topological polar surface area (TPSA) is 92.2 Å². The summed E-state index contributed by atoms with van der Waals surface area (Å²) >= 11 is 0. The summed E-state index contributed by atoms with van der Waals surface area (Å²) in [6, 6.07) is 8.32. The van der Waals surface area contributed by atoms with Crippen LogP contribution >= 0.6 is 0 Å². The summed E-state index contributed by atoms with van der Waals surface area (Å²) in [5.41, 5.74) is 0.321. The normalized spacial score (nSPS) is 15.6. The van der Waals surface area contributed by atoms with E-state index < -0.39 is 12.0 Å². The molecule has 28 heavy (non-hydrogen) atoms. The van der Waals surface area contributed by atoms with E-state index in [2.05, 4.69) is 20.3 Å². The van der Waals surface area contributed by atoms with E-state index >= 15 is 0 Å². The van der Waals surface area contributed by atoms with Crippen molar-refractivity contribution < 1.29 is 17.9 Å². The molecule has 0 N–H and O–H groups in total. The van der Waals surface area contributed by atoms with E-state index in [9.17, 15) is 13.2 Å². The molecule has 0 radical (unpaired) electrons. The zero-order valence-corrected chi connectivity index (χ0v) is 14.5. The molecule has 4 heterocycles. The summed E-state index contributed by atoms with van der Waals surface area (Å²) in [7, 11) is 0. The predicted molar refractivity (Wildman–Crippen MR) is 90.6 cm³/mol. The van der Waals surface area contributed by atoms with Gasteiger partial charge in [-0.1, -0.05) is 0 Å². The largest absolute Gasteiger partial charge is 0.490 e. The molecule has 0 aliphatic carbocycles. The molecule has 3 aromatic rings. The molecular formula is C17H14F3N7O. The number of hydrogen-bond acceptors (Lipinski definition) is 7. The van der Waals surface area contributed by atoms with Gasteiger partial charge in [-0.2, -0.15) is 22.9 Å². The lowest BCUT2D eigenvalue weighted by Gasteiger charge is -2.32. The van der Waals surface area contributed by atoms with Crippen molar-refractivity contribution in [1.29, 1.82) is 5.26 Å². The third-order valence-corrected chi connectivity index (χ3v) is 4.42. The lowest BCUT2D eigenvalue weighted by atomic mass is 10.1. The molecule has 1 aliphatic rings. The van der Waals surface area contributed by atoms with Gasteiger partial charge in [-0.15, -0.1) is 15.3 Å². The van der Waals surface area contributed by atoms with Crippen LogP contribution in [-0.2, 0) is 6.18 Å². The summed E-state index contributed by atoms with van der Waals surface area (Å²) in [4.78, 5) is 5.79. The maximum Gasteiger partial charge on any atom is 0.453 e. The van der Waals surface area contributed by atoms with Gasteiger partial charge in [0.1, 0.15) is 29.4 Å². The SMILES string of the molecule is N#Cc1cc(OC2CCN(c3ccc4nnc(C(F)(F)F)n4n3)CC2)ccn1. The lowest BCUT2D eigenvalue weighted by molar-refractivity contribution is -0.146. The number of pyridine rings is 1. The maximum atomic E-state index is 13.0. The number of hydrogen-bond donors (Lipinski definition) is 0. The van der Waals surface area contributed by atoms with Gasteiger partial charge in [0.15, 0.2) is 5.65 Å². The fraction of sp³-hybridized carbons (Fsp3) is 0.353. The highest BCUT2D eigenvalue weighted by Gasteiger charge is 2.38. The Labute approximate surface area is 157 Å². The zero-order valence-electron chi connectivity index (χ0n) is 14.5. The number of nitriles is 1. The third-order valence-electron chi connectivity index (χ3n) is 4.42. The van der Waals surface area contributed by atoms with E-state index in [0.717, 1.165) is 4.52 Å². The zero-order chi connectivity index (χ0) is 19.7. The van der Waals surface area contributed by atoms with Crippen molar-refractivity contribution in [3.05, 3.63) is 42.0 Å². The predicted octanol–water partition coefficient (Wildman–Crippen LogP) is 2.46. The van der Waals surface area contributed by atoms with Gasteiger partial charge >= 0.3 is 6.18 Å². The second kappa shape index (κ2) is 6.95. The monoisotopic (exact) mass is 389 g/mol. The van der Waals surface area contributed by atoms with Crippen LogP contribution in [0.25, 0.3) is 5.65 Å². The molecule has 144 valence electrons. The van der Waals surface area contributed by atoms with Crippen LogP contribution in [0.5, 0.6) is 5.75 Å². The first-order valence-corrected chi connectivity index (χ1v) is 8.51. The highest BCUT2D eigenvalue weighted by atomic mass is 19.4. The van der Waals surface area contributed by atoms with Crippen LogP contribution in [0.3, 0.4) is 0 Å². The lowest BCUT2D eigenvalue weighted by Crippen LogP contribution is -2.39. The molecular weight excluding hydrogens is 375 g/mol. The number of nitrogens with zero attached hydrogens (tertiary/aromatic N) is 7. The molecule has 0 spiro atoms. The first-order chi connectivity index (χ1) is 13.4. The van der Waals surface area contributed by atoms with Crippen molar-refractivity contribution in [3.8, 4) is 11.8 Å². The molecule has 0 saturated carbocycles. The molecule has 1 fully saturated rings. The van der Waals surface area contributed by atoms with Crippen LogP contribution in [0.4, 0.5) is 19.0 Å². The van der Waals surface area contributed by atoms with Gasteiger partial charge < -0.3 is 9.64 Å². The molecule has 1 aliphatic heterocycles. The Morgan fingerprint density at radius 1 is 1.14 bits per heavy atom. The minimum atomic E-state index is -4.63. The van der Waals surface area contributed by atoms with Crippen LogP contribution in [0.2, 0.25) is 0 Å². The molecule has 8 nitrogen and oxygen atoms in total. The second-order valence-corrected chi connectivity index (χ2v) is 6.28. The Hall–Kier alpha value is -3.42. The number of fused-ring (bicyclic) bond motifs is 1. The summed E-state index contributed by atoms with van der Waals surface area (Å²) in [5.74, 6) is -0.149. The average molecular weight is 389 g/mol. The molecule has 4 rings (SSSR count). The van der Waals surface area contributed by atoms with Crippen LogP contribution in [-0.4, -0.2) is 44.0 Å². The van der Waals surface area contributed by atoms with E-state index in [1.807, 2.05) is 11.0 Å². The van der Waals surface area contributed by atoms with Crippen molar-refractivity contribution in [2.45, 2.75) is 25.1 Å². The van der Waals surface area contributed by atoms with Gasteiger partial charge in [-0.25, -0.2) is 4.98 Å². The smallest absolute Gasteiger partial charge is 0.453 e.